The van der Waals surface area contributed by atoms with Crippen molar-refractivity contribution >= 4 is 69.2 Å². The zero-order valence-corrected chi connectivity index (χ0v) is 76.8. The summed E-state index contributed by atoms with van der Waals surface area (Å²) in [4.78, 5) is 91.9. The number of hydrogen-bond donors (Lipinski definition) is 7. The van der Waals surface area contributed by atoms with Gasteiger partial charge in [-0.05, 0) is 148 Å². The number of amides is 3. The van der Waals surface area contributed by atoms with Gasteiger partial charge in [-0.2, -0.15) is 10.1 Å². The molecule has 35 heteroatoms. The number of rotatable bonds is 39. The van der Waals surface area contributed by atoms with Crippen molar-refractivity contribution in [1.29, 1.82) is 0 Å². The first kappa shape index (κ1) is 103. The zero-order chi connectivity index (χ0) is 92.4. The molecule has 7 heterocycles. The van der Waals surface area contributed by atoms with E-state index in [0.717, 1.165) is 28.7 Å². The normalized spacial score (nSPS) is 27.6. The number of aromatic nitrogens is 5. The summed E-state index contributed by atoms with van der Waals surface area (Å²) in [6, 6.07) is 10.8. The lowest BCUT2D eigenvalue weighted by atomic mass is 9.78. The second-order valence-corrected chi connectivity index (χ2v) is 34.5. The SMILES string of the molecule is CO[C@H]1C[C@@H]2CC[C@@H](C)[C@@](O)(O2)C(=O)C(=O)N2CCCC[C@H]2C(=O)O[C@H]([C@H](C)C[C@@H]2CC[C@@H](O)[C@H](OC)C2)C[C@@H](O)[C@H](C)/C=C(\C)[C@@H](O)[C@@H](OC)/C(=N/OCC(=O)NCCOCCOCCOCCOCCOCCOCCOCCOCCC(=O)N2CCc3cc(Cn4nc(-c5ccc6oc(N)nc6c5)c5c(N)ncnc54)ccc3C2)[C@H](C)C[C@H](C)/C=C/C=C/C=C/1C. The number of nitrogens with one attached hydrogen (secondary N) is 1. The van der Waals surface area contributed by atoms with Crippen molar-refractivity contribution in [3.8, 4) is 11.3 Å². The molecule has 3 amide bonds. The molecule has 1 saturated carbocycles. The van der Waals surface area contributed by atoms with Gasteiger partial charge in [-0.1, -0.05) is 94.4 Å². The van der Waals surface area contributed by atoms with Crippen LogP contribution in [0.1, 0.15) is 149 Å². The number of nitrogens with zero attached hydrogens (tertiary/aromatic N) is 8. The maximum atomic E-state index is 14.7. The van der Waals surface area contributed by atoms with E-state index in [0.29, 0.717) is 215 Å². The molecule has 2 aromatic carbocycles. The molecule has 4 aliphatic heterocycles. The van der Waals surface area contributed by atoms with Crippen LogP contribution in [-0.4, -0.2) is 304 Å². The summed E-state index contributed by atoms with van der Waals surface area (Å²) in [6.07, 6.45) is 12.7. The Balaban J connectivity index is 0.580. The number of aliphatic hydroxyl groups is 4. The molecule has 2 bridgehead atoms. The number of esters is 1. The van der Waals surface area contributed by atoms with Crippen LogP contribution in [-0.2, 0) is 110 Å². The fraction of sp³-hybridized carbons (Fsp3) is 0.660. The molecule has 10 rings (SSSR count). The number of allylic oxidation sites excluding steroid dienone is 5. The van der Waals surface area contributed by atoms with Gasteiger partial charge in [0.05, 0.1) is 160 Å². The topological polar surface area (TPSA) is 448 Å². The molecule has 35 nitrogen and oxygen atoms in total. The lowest BCUT2D eigenvalue weighted by molar-refractivity contribution is -0.265. The van der Waals surface area contributed by atoms with E-state index < -0.39 is 96.6 Å². The third-order valence-electron chi connectivity index (χ3n) is 24.9. The molecule has 2 saturated heterocycles. The number of benzene rings is 2. The molecule has 0 unspecified atom stereocenters. The molecule has 16 atom stereocenters. The van der Waals surface area contributed by atoms with E-state index in [-0.39, 0.29) is 93.7 Å². The third kappa shape index (κ3) is 30.5. The van der Waals surface area contributed by atoms with Gasteiger partial charge in [-0.25, -0.2) is 19.4 Å². The van der Waals surface area contributed by atoms with Crippen molar-refractivity contribution in [3.63, 3.8) is 0 Å². The Morgan fingerprint density at radius 1 is 0.713 bits per heavy atom. The van der Waals surface area contributed by atoms with Crippen LogP contribution in [0.3, 0.4) is 0 Å². The number of ketones is 1. The lowest BCUT2D eigenvalue weighted by Gasteiger charge is -2.43. The predicted octanol–water partition coefficient (Wildman–Crippen LogP) is 8.16. The number of methoxy groups -OCH3 is 3. The van der Waals surface area contributed by atoms with Gasteiger partial charge in [0.2, 0.25) is 11.7 Å². The first-order chi connectivity index (χ1) is 62.3. The molecule has 5 aromatic rings. The predicted molar refractivity (Wildman–Crippen MR) is 481 cm³/mol. The van der Waals surface area contributed by atoms with Crippen LogP contribution in [0.5, 0.6) is 0 Å². The lowest BCUT2D eigenvalue weighted by Crippen LogP contribution is -2.61. The smallest absolute Gasteiger partial charge is 0.329 e. The maximum Gasteiger partial charge on any atom is 0.329 e. The standard InChI is InChI=1S/C94H139N11O24/c1-60-16-12-11-13-17-61(2)78(115-8)54-72-24-19-66(7)94(114,129-72)88(111)91(112)104-30-15-14-18-74(104)92(113)127-79(63(4)50-67-21-25-75(106)80(52-67)116-9)55-76(107)62(3)49-65(6)86(110)87(117-10)84(64(5)48-60)102-126-58-81(108)97-29-33-119-35-37-121-39-41-123-43-45-125-47-46-124-44-42-122-40-38-120-36-34-118-32-28-82(109)103-31-27-69-51-68(20-22-71(69)57-103)56-105-90-83(89(95)98-59-99-90)85(101-105)70-23-26-77-73(53-70)100-93(96)128-77/h11-13,16-17,20,22-23,26,49,51,53,59-60,62-64,66-67,72,74-76,78-80,86-87,106-107,110,114H,14-15,18-19,21,24-25,27-48,50,52,54-58H2,1-10H3,(H2,96,100)(H,97,108)(H2,95,98,99)/b13-11+,16-12+,61-17+,65-49+,102-84+/t60-,62-,63-,64-,66-,67+,72+,74+,75-,76-,78+,79+,80-,86-,87+,94-/m1/s1. The Hall–Kier alpha value is -8.60. The van der Waals surface area contributed by atoms with Crippen LogP contribution in [0.2, 0.25) is 0 Å². The number of carbonyl (C=O) groups excluding carboxylic acids is 5. The van der Waals surface area contributed by atoms with Crippen molar-refractivity contribution in [2.75, 3.05) is 165 Å². The van der Waals surface area contributed by atoms with Crippen LogP contribution in [0.25, 0.3) is 33.4 Å². The Morgan fingerprint density at radius 2 is 1.40 bits per heavy atom. The zero-order valence-electron chi connectivity index (χ0n) is 76.8. The minimum Gasteiger partial charge on any atom is -0.460 e. The Kier molecular flexibility index (Phi) is 41.8. The van der Waals surface area contributed by atoms with Gasteiger partial charge >= 0.3 is 5.97 Å². The quantitative estimate of drug-likeness (QED) is 0.00641. The van der Waals surface area contributed by atoms with Crippen molar-refractivity contribution in [1.82, 2.24) is 39.8 Å². The molecule has 9 N–H and O–H groups in total. The summed E-state index contributed by atoms with van der Waals surface area (Å²) in [7, 11) is 4.60. The molecule has 0 spiro atoms. The summed E-state index contributed by atoms with van der Waals surface area (Å²) in [5, 5.41) is 60.1. The maximum absolute atomic E-state index is 14.7. The van der Waals surface area contributed by atoms with Gasteiger partial charge in [0.15, 0.2) is 17.8 Å². The largest absolute Gasteiger partial charge is 0.460 e. The molecule has 5 aliphatic rings. The summed E-state index contributed by atoms with van der Waals surface area (Å²) in [5.41, 5.74) is 20.3. The second kappa shape index (κ2) is 52.6. The number of ether oxygens (including phenoxy) is 13. The van der Waals surface area contributed by atoms with Crippen LogP contribution in [0.15, 0.2) is 99.9 Å². The fourth-order valence-corrected chi connectivity index (χ4v) is 17.4. The molecule has 3 aromatic heterocycles. The first-order valence-corrected chi connectivity index (χ1v) is 45.7. The van der Waals surface area contributed by atoms with E-state index in [9.17, 15) is 44.4 Å². The number of oxime groups is 1. The van der Waals surface area contributed by atoms with Crippen molar-refractivity contribution in [2.24, 2.45) is 40.7 Å². The molecule has 714 valence electrons. The summed E-state index contributed by atoms with van der Waals surface area (Å²) >= 11 is 0. The number of nitrogen functional groups attached to an aromatic ring is 2. The number of Topliss-reactive ketones (excluding diaryl/α,β-unsaturated/α-hetero) is 1. The number of aliphatic hydroxyl groups excluding tert-OH is 3. The van der Waals surface area contributed by atoms with Gasteiger partial charge in [0, 0.05) is 83.7 Å². The highest BCUT2D eigenvalue weighted by Crippen LogP contribution is 2.40. The first-order valence-electron chi connectivity index (χ1n) is 45.7. The summed E-state index contributed by atoms with van der Waals surface area (Å²) in [6.45, 7) is 20.2. The fourth-order valence-electron chi connectivity index (χ4n) is 17.4. The average molecular weight is 1810 g/mol. The monoisotopic (exact) mass is 1810 g/mol. The number of oxazole rings is 1. The van der Waals surface area contributed by atoms with Crippen molar-refractivity contribution < 1.29 is 115 Å². The third-order valence-corrected chi connectivity index (χ3v) is 24.9. The van der Waals surface area contributed by atoms with Crippen molar-refractivity contribution in [2.45, 2.75) is 212 Å². The van der Waals surface area contributed by atoms with E-state index >= 15 is 0 Å². The van der Waals surface area contributed by atoms with Crippen molar-refractivity contribution in [3.05, 3.63) is 107 Å². The average Bonchev–Trinajstić information content (AvgIpc) is 1.61. The highest BCUT2D eigenvalue weighted by atomic mass is 16.6. The number of nitrogens with two attached hydrogens (primary N) is 2. The molecule has 0 radical (unpaired) electrons. The minimum atomic E-state index is -2.46. The van der Waals surface area contributed by atoms with Gasteiger partial charge in [-0.3, -0.25) is 19.2 Å². The van der Waals surface area contributed by atoms with E-state index in [1.54, 1.807) is 47.1 Å². The number of cyclic esters (lactones) is 1. The molecule has 1 aliphatic carbocycles. The van der Waals surface area contributed by atoms with Crippen LogP contribution < -0.4 is 16.8 Å². The molecular formula is C94H139N11O24. The number of piperidine rings is 1. The van der Waals surface area contributed by atoms with Crippen LogP contribution in [0, 0.1) is 35.5 Å². The Morgan fingerprint density at radius 3 is 2.07 bits per heavy atom. The van der Waals surface area contributed by atoms with Gasteiger partial charge in [0.1, 0.15) is 47.7 Å². The molecule has 129 heavy (non-hydrogen) atoms. The number of anilines is 2. The summed E-state index contributed by atoms with van der Waals surface area (Å²) < 4.78 is 82.8. The van der Waals surface area contributed by atoms with Gasteiger partial charge in [0.25, 0.3) is 23.6 Å². The van der Waals surface area contributed by atoms with E-state index in [2.05, 4.69) is 43.6 Å². The number of fused-ring (bicyclic) bond motifs is 6. The molecular weight excluding hydrogens is 1670 g/mol. The van der Waals surface area contributed by atoms with Crippen LogP contribution in [0.4, 0.5) is 11.8 Å². The minimum absolute atomic E-state index is 0.0312. The number of carbonyl (C=O) groups is 5. The second-order valence-electron chi connectivity index (χ2n) is 34.5. The Labute approximate surface area is 756 Å². The number of hydrogen-bond acceptors (Lipinski definition) is 31. The van der Waals surface area contributed by atoms with Gasteiger partial charge < -0.3 is 118 Å². The highest BCUT2D eigenvalue weighted by molar-refractivity contribution is 6.39. The van der Waals surface area contributed by atoms with E-state index in [4.69, 9.17) is 87.4 Å². The van der Waals surface area contributed by atoms with E-state index in [1.165, 1.54) is 23.9 Å². The van der Waals surface area contributed by atoms with Gasteiger partial charge in [-0.15, -0.1) is 0 Å². The van der Waals surface area contributed by atoms with Crippen LogP contribution >= 0.6 is 0 Å². The highest BCUT2D eigenvalue weighted by Gasteiger charge is 2.53. The Bertz CT molecular complexity index is 4520. The molecule has 3 fully saturated rings. The summed E-state index contributed by atoms with van der Waals surface area (Å²) in [5.74, 6) is -7.47. The van der Waals surface area contributed by atoms with E-state index in [1.807, 2.05) is 79.8 Å².